The van der Waals surface area contributed by atoms with Crippen molar-refractivity contribution in [1.29, 1.82) is 0 Å². The fraction of sp³-hybridized carbons (Fsp3) is 0.444. The number of ketones is 1. The van der Waals surface area contributed by atoms with E-state index in [9.17, 15) is 14.4 Å². The Labute approximate surface area is 154 Å². The molecule has 1 aromatic heterocycles. The third kappa shape index (κ3) is 3.96. The van der Waals surface area contributed by atoms with Crippen molar-refractivity contribution in [3.8, 4) is 0 Å². The van der Waals surface area contributed by atoms with Gasteiger partial charge < -0.3 is 9.47 Å². The quantitative estimate of drug-likeness (QED) is 0.433. The normalized spacial score (nSPS) is 16.8. The van der Waals surface area contributed by atoms with Crippen LogP contribution in [0.15, 0.2) is 28.2 Å². The maximum atomic E-state index is 13.0. The number of Topliss-reactive ketones (excluding diaryl/α,β-unsaturated/α-hetero) is 1. The summed E-state index contributed by atoms with van der Waals surface area (Å²) < 4.78 is 11.9. The van der Waals surface area contributed by atoms with Crippen molar-refractivity contribution in [2.24, 2.45) is 0 Å². The second kappa shape index (κ2) is 8.01. The van der Waals surface area contributed by atoms with E-state index in [2.05, 4.69) is 4.98 Å². The number of rotatable bonds is 6. The number of methoxy groups -OCH3 is 1. The first kappa shape index (κ1) is 18.6. The van der Waals surface area contributed by atoms with Crippen LogP contribution < -0.4 is 5.56 Å². The van der Waals surface area contributed by atoms with Crippen LogP contribution in [0.4, 0.5) is 0 Å². The first-order valence-corrected chi connectivity index (χ1v) is 9.35. The van der Waals surface area contributed by atoms with Gasteiger partial charge in [-0.1, -0.05) is 11.8 Å². The Morgan fingerprint density at radius 1 is 1.42 bits per heavy atom. The number of esters is 1. The molecule has 3 rings (SSSR count). The van der Waals surface area contributed by atoms with Gasteiger partial charge in [-0.25, -0.2) is 9.78 Å². The van der Waals surface area contributed by atoms with Crippen molar-refractivity contribution in [2.75, 3.05) is 19.5 Å². The summed E-state index contributed by atoms with van der Waals surface area (Å²) in [5.41, 5.74) is 0.534. The lowest BCUT2D eigenvalue weighted by Crippen LogP contribution is -2.29. The molecule has 138 valence electrons. The first-order chi connectivity index (χ1) is 12.5. The minimum Gasteiger partial charge on any atom is -0.465 e. The lowest BCUT2D eigenvalue weighted by Gasteiger charge is -2.16. The molecular formula is C18H20N2O5S. The van der Waals surface area contributed by atoms with Crippen LogP contribution in [0.25, 0.3) is 10.9 Å². The SMILES string of the molecule is COC(=O)c1ccc2c(=O)n(C[C@H]3CCCO3)c(SCC(C)=O)nc2c1. The monoisotopic (exact) mass is 376 g/mol. The summed E-state index contributed by atoms with van der Waals surface area (Å²) in [5.74, 6) is -0.272. The van der Waals surface area contributed by atoms with Crippen molar-refractivity contribution in [1.82, 2.24) is 9.55 Å². The molecule has 0 bridgehead atoms. The predicted molar refractivity (Wildman–Crippen MR) is 97.7 cm³/mol. The Bertz CT molecular complexity index is 902. The minimum absolute atomic E-state index is 0.00340. The highest BCUT2D eigenvalue weighted by molar-refractivity contribution is 7.99. The zero-order valence-corrected chi connectivity index (χ0v) is 15.5. The topological polar surface area (TPSA) is 87.5 Å². The molecule has 2 heterocycles. The van der Waals surface area contributed by atoms with Crippen LogP contribution in [0.2, 0.25) is 0 Å². The van der Waals surface area contributed by atoms with Gasteiger partial charge in [0.15, 0.2) is 5.16 Å². The van der Waals surface area contributed by atoms with Crippen molar-refractivity contribution in [3.63, 3.8) is 0 Å². The molecule has 8 heteroatoms. The molecule has 1 atom stereocenters. The van der Waals surface area contributed by atoms with Crippen molar-refractivity contribution in [2.45, 2.75) is 37.6 Å². The zero-order valence-electron chi connectivity index (χ0n) is 14.7. The lowest BCUT2D eigenvalue weighted by atomic mass is 10.1. The summed E-state index contributed by atoms with van der Waals surface area (Å²) in [6.45, 7) is 2.59. The Kier molecular flexibility index (Phi) is 5.73. The molecule has 26 heavy (non-hydrogen) atoms. The van der Waals surface area contributed by atoms with E-state index >= 15 is 0 Å². The molecule has 0 spiro atoms. The summed E-state index contributed by atoms with van der Waals surface area (Å²) in [6.07, 6.45) is 1.83. The molecule has 0 N–H and O–H groups in total. The maximum Gasteiger partial charge on any atom is 0.337 e. The van der Waals surface area contributed by atoms with E-state index in [4.69, 9.17) is 9.47 Å². The number of ether oxygens (including phenoxy) is 2. The molecule has 1 aromatic carbocycles. The Morgan fingerprint density at radius 2 is 2.23 bits per heavy atom. The molecule has 1 aliphatic heterocycles. The number of thioether (sulfide) groups is 1. The smallest absolute Gasteiger partial charge is 0.337 e. The number of hydrogen-bond donors (Lipinski definition) is 0. The van der Waals surface area contributed by atoms with E-state index in [-0.39, 0.29) is 23.2 Å². The number of fused-ring (bicyclic) bond motifs is 1. The van der Waals surface area contributed by atoms with Crippen LogP contribution in [0, 0.1) is 0 Å². The Morgan fingerprint density at radius 3 is 2.88 bits per heavy atom. The summed E-state index contributed by atoms with van der Waals surface area (Å²) in [7, 11) is 1.30. The lowest BCUT2D eigenvalue weighted by molar-refractivity contribution is -0.114. The van der Waals surface area contributed by atoms with Gasteiger partial charge in [0.25, 0.3) is 5.56 Å². The van der Waals surface area contributed by atoms with Crippen LogP contribution in [0.5, 0.6) is 0 Å². The van der Waals surface area contributed by atoms with E-state index in [0.29, 0.717) is 34.8 Å². The number of nitrogens with zero attached hydrogens (tertiary/aromatic N) is 2. The summed E-state index contributed by atoms with van der Waals surface area (Å²) in [6, 6.07) is 4.68. The predicted octanol–water partition coefficient (Wildman–Crippen LogP) is 2.04. The highest BCUT2D eigenvalue weighted by Crippen LogP contribution is 2.22. The van der Waals surface area contributed by atoms with Gasteiger partial charge in [0.05, 0.1) is 42.0 Å². The molecule has 0 amide bonds. The number of carbonyl (C=O) groups is 2. The van der Waals surface area contributed by atoms with Gasteiger partial charge in [-0.2, -0.15) is 0 Å². The molecular weight excluding hydrogens is 356 g/mol. The van der Waals surface area contributed by atoms with Gasteiger partial charge in [-0.15, -0.1) is 0 Å². The summed E-state index contributed by atoms with van der Waals surface area (Å²) >= 11 is 1.22. The van der Waals surface area contributed by atoms with Crippen LogP contribution in [-0.2, 0) is 20.8 Å². The standard InChI is InChI=1S/C18H20N2O5S/c1-11(21)10-26-18-19-15-8-12(17(23)24-2)5-6-14(15)16(22)20(18)9-13-4-3-7-25-13/h5-6,8,13H,3-4,7,9-10H2,1-2H3/t13-/m1/s1. The molecule has 1 fully saturated rings. The van der Waals surface area contributed by atoms with E-state index in [1.807, 2.05) is 0 Å². The van der Waals surface area contributed by atoms with Crippen LogP contribution in [-0.4, -0.2) is 46.9 Å². The fourth-order valence-electron chi connectivity index (χ4n) is 2.87. The summed E-state index contributed by atoms with van der Waals surface area (Å²) in [5, 5.41) is 0.873. The highest BCUT2D eigenvalue weighted by Gasteiger charge is 2.21. The van der Waals surface area contributed by atoms with E-state index in [0.717, 1.165) is 12.8 Å². The van der Waals surface area contributed by atoms with E-state index in [1.165, 1.54) is 31.9 Å². The largest absolute Gasteiger partial charge is 0.465 e. The van der Waals surface area contributed by atoms with Gasteiger partial charge in [0.2, 0.25) is 0 Å². The van der Waals surface area contributed by atoms with E-state index in [1.54, 1.807) is 16.7 Å². The second-order valence-corrected chi connectivity index (χ2v) is 7.10. The van der Waals surface area contributed by atoms with Crippen molar-refractivity contribution in [3.05, 3.63) is 34.1 Å². The van der Waals surface area contributed by atoms with Crippen LogP contribution >= 0.6 is 11.8 Å². The first-order valence-electron chi connectivity index (χ1n) is 8.36. The Balaban J connectivity index is 2.08. The zero-order chi connectivity index (χ0) is 18.7. The molecule has 0 aliphatic carbocycles. The molecule has 1 aliphatic rings. The average Bonchev–Trinajstić information content (AvgIpc) is 3.14. The van der Waals surface area contributed by atoms with Gasteiger partial charge >= 0.3 is 5.97 Å². The third-order valence-electron chi connectivity index (χ3n) is 4.16. The highest BCUT2D eigenvalue weighted by atomic mass is 32.2. The number of carbonyl (C=O) groups excluding carboxylic acids is 2. The molecule has 7 nitrogen and oxygen atoms in total. The number of aromatic nitrogens is 2. The fourth-order valence-corrected chi connectivity index (χ4v) is 3.68. The van der Waals surface area contributed by atoms with Crippen molar-refractivity contribution >= 4 is 34.4 Å². The molecule has 0 saturated carbocycles. The Hall–Kier alpha value is -2.19. The number of hydrogen-bond acceptors (Lipinski definition) is 7. The van der Waals surface area contributed by atoms with Crippen LogP contribution in [0.3, 0.4) is 0 Å². The minimum atomic E-state index is -0.491. The summed E-state index contributed by atoms with van der Waals surface area (Å²) in [4.78, 5) is 40.6. The maximum absolute atomic E-state index is 13.0. The van der Waals surface area contributed by atoms with Gasteiger partial charge in [-0.05, 0) is 38.0 Å². The van der Waals surface area contributed by atoms with Crippen LogP contribution in [0.1, 0.15) is 30.1 Å². The average molecular weight is 376 g/mol. The van der Waals surface area contributed by atoms with Crippen molar-refractivity contribution < 1.29 is 19.1 Å². The second-order valence-electron chi connectivity index (χ2n) is 6.16. The molecule has 2 aromatic rings. The number of benzene rings is 1. The van der Waals surface area contributed by atoms with Gasteiger partial charge in [0, 0.05) is 6.61 Å². The van der Waals surface area contributed by atoms with E-state index < -0.39 is 5.97 Å². The molecule has 0 unspecified atom stereocenters. The molecule has 1 saturated heterocycles. The molecule has 0 radical (unpaired) electrons. The van der Waals surface area contributed by atoms with Gasteiger partial charge in [0.1, 0.15) is 5.78 Å². The third-order valence-corrected chi connectivity index (χ3v) is 5.28. The van der Waals surface area contributed by atoms with Gasteiger partial charge in [-0.3, -0.25) is 14.2 Å².